The van der Waals surface area contributed by atoms with Crippen LogP contribution in [0.1, 0.15) is 36.4 Å². The second-order valence-corrected chi connectivity index (χ2v) is 6.91. The van der Waals surface area contributed by atoms with Crippen LogP contribution in [0.4, 0.5) is 5.13 Å². The molecule has 1 aliphatic heterocycles. The maximum Gasteiger partial charge on any atom is 0.186 e. The third-order valence-electron chi connectivity index (χ3n) is 4.37. The lowest BCUT2D eigenvalue weighted by Gasteiger charge is -2.38. The lowest BCUT2D eigenvalue weighted by atomic mass is 9.98. The van der Waals surface area contributed by atoms with Gasteiger partial charge in [-0.1, -0.05) is 0 Å². The molecule has 0 radical (unpaired) electrons. The van der Waals surface area contributed by atoms with Gasteiger partial charge < -0.3 is 15.1 Å². The number of nitrogens with one attached hydrogen (secondary N) is 1. The van der Waals surface area contributed by atoms with Gasteiger partial charge in [0.05, 0.1) is 11.7 Å². The number of hydrogen-bond acceptors (Lipinski definition) is 5. The SMILES string of the molecule is CNC1CCCc2sc(N3CCN(C)CC3C)nc21. The number of hydrogen-bond donors (Lipinski definition) is 1. The Morgan fingerprint density at radius 3 is 2.95 bits per heavy atom. The van der Waals surface area contributed by atoms with Gasteiger partial charge in [0.15, 0.2) is 5.13 Å². The molecule has 2 atom stereocenters. The van der Waals surface area contributed by atoms with Crippen LogP contribution in [-0.4, -0.2) is 49.7 Å². The summed E-state index contributed by atoms with van der Waals surface area (Å²) in [5, 5.41) is 4.66. The Balaban J connectivity index is 1.84. The Hall–Kier alpha value is -0.650. The largest absolute Gasteiger partial charge is 0.343 e. The molecule has 0 amide bonds. The van der Waals surface area contributed by atoms with Gasteiger partial charge in [0, 0.05) is 30.6 Å². The zero-order valence-electron chi connectivity index (χ0n) is 12.1. The molecule has 2 unspecified atom stereocenters. The van der Waals surface area contributed by atoms with Crippen LogP contribution in [-0.2, 0) is 6.42 Å². The summed E-state index contributed by atoms with van der Waals surface area (Å²) in [6.07, 6.45) is 3.73. The molecule has 0 aromatic carbocycles. The van der Waals surface area contributed by atoms with Crippen LogP contribution in [0.25, 0.3) is 0 Å². The average Bonchev–Trinajstić information content (AvgIpc) is 2.81. The molecule has 5 heteroatoms. The van der Waals surface area contributed by atoms with Crippen LogP contribution in [0.3, 0.4) is 0 Å². The second kappa shape index (κ2) is 5.38. The lowest BCUT2D eigenvalue weighted by molar-refractivity contribution is 0.275. The van der Waals surface area contributed by atoms with Crippen molar-refractivity contribution in [2.45, 2.75) is 38.3 Å². The number of aromatic nitrogens is 1. The van der Waals surface area contributed by atoms with Crippen LogP contribution in [0.15, 0.2) is 0 Å². The van der Waals surface area contributed by atoms with E-state index in [-0.39, 0.29) is 0 Å². The molecular formula is C14H24N4S. The summed E-state index contributed by atoms with van der Waals surface area (Å²) in [6.45, 7) is 5.70. The standard InChI is InChI=1S/C14H24N4S/c1-10-9-17(3)7-8-18(10)14-16-13-11(15-2)5-4-6-12(13)19-14/h10-11,15H,4-9H2,1-3H3. The molecule has 2 aliphatic rings. The zero-order valence-corrected chi connectivity index (χ0v) is 13.0. The van der Waals surface area contributed by atoms with Crippen molar-refractivity contribution in [3.05, 3.63) is 10.6 Å². The van der Waals surface area contributed by atoms with Gasteiger partial charge in [-0.15, -0.1) is 11.3 Å². The number of anilines is 1. The van der Waals surface area contributed by atoms with E-state index < -0.39 is 0 Å². The number of thiazole rings is 1. The summed E-state index contributed by atoms with van der Waals surface area (Å²) < 4.78 is 0. The van der Waals surface area contributed by atoms with Gasteiger partial charge in [-0.3, -0.25) is 0 Å². The van der Waals surface area contributed by atoms with E-state index in [1.54, 1.807) is 0 Å². The summed E-state index contributed by atoms with van der Waals surface area (Å²) in [5.41, 5.74) is 1.32. The number of piperazine rings is 1. The molecule has 1 saturated heterocycles. The van der Waals surface area contributed by atoms with E-state index in [4.69, 9.17) is 4.98 Å². The highest BCUT2D eigenvalue weighted by atomic mass is 32.1. The highest BCUT2D eigenvalue weighted by Gasteiger charge is 2.28. The van der Waals surface area contributed by atoms with Crippen molar-refractivity contribution in [2.75, 3.05) is 38.6 Å². The smallest absolute Gasteiger partial charge is 0.186 e. The van der Waals surface area contributed by atoms with Gasteiger partial charge in [-0.25, -0.2) is 4.98 Å². The molecule has 1 aliphatic carbocycles. The van der Waals surface area contributed by atoms with E-state index in [0.29, 0.717) is 12.1 Å². The van der Waals surface area contributed by atoms with Gasteiger partial charge in [0.25, 0.3) is 0 Å². The molecule has 4 nitrogen and oxygen atoms in total. The van der Waals surface area contributed by atoms with E-state index >= 15 is 0 Å². The molecule has 1 aromatic heterocycles. The molecule has 1 aromatic rings. The Bertz CT molecular complexity index is 445. The number of rotatable bonds is 2. The molecule has 0 saturated carbocycles. The topological polar surface area (TPSA) is 31.4 Å². The first-order valence-electron chi connectivity index (χ1n) is 7.31. The van der Waals surface area contributed by atoms with Crippen molar-refractivity contribution in [1.82, 2.24) is 15.2 Å². The lowest BCUT2D eigenvalue weighted by Crippen LogP contribution is -2.50. The van der Waals surface area contributed by atoms with Crippen molar-refractivity contribution >= 4 is 16.5 Å². The van der Waals surface area contributed by atoms with Gasteiger partial charge >= 0.3 is 0 Å². The van der Waals surface area contributed by atoms with Crippen LogP contribution in [0.2, 0.25) is 0 Å². The average molecular weight is 280 g/mol. The van der Waals surface area contributed by atoms with Crippen molar-refractivity contribution in [1.29, 1.82) is 0 Å². The van der Waals surface area contributed by atoms with Crippen molar-refractivity contribution in [3.8, 4) is 0 Å². The van der Waals surface area contributed by atoms with Crippen LogP contribution >= 0.6 is 11.3 Å². The number of aryl methyl sites for hydroxylation is 1. The summed E-state index contributed by atoms with van der Waals surface area (Å²) >= 11 is 1.92. The summed E-state index contributed by atoms with van der Waals surface area (Å²) in [4.78, 5) is 11.4. The monoisotopic (exact) mass is 280 g/mol. The van der Waals surface area contributed by atoms with E-state index in [9.17, 15) is 0 Å². The molecular weight excluding hydrogens is 256 g/mol. The summed E-state index contributed by atoms with van der Waals surface area (Å²) in [5.74, 6) is 0. The molecule has 19 heavy (non-hydrogen) atoms. The highest BCUT2D eigenvalue weighted by molar-refractivity contribution is 7.15. The molecule has 3 rings (SSSR count). The van der Waals surface area contributed by atoms with E-state index in [1.807, 2.05) is 11.3 Å². The first-order valence-corrected chi connectivity index (χ1v) is 8.12. The predicted molar refractivity (Wildman–Crippen MR) is 81.2 cm³/mol. The fourth-order valence-corrected chi connectivity index (χ4v) is 4.53. The normalized spacial score (nSPS) is 28.5. The van der Waals surface area contributed by atoms with Crippen molar-refractivity contribution < 1.29 is 0 Å². The Morgan fingerprint density at radius 2 is 2.21 bits per heavy atom. The molecule has 0 bridgehead atoms. The Morgan fingerprint density at radius 1 is 1.37 bits per heavy atom. The second-order valence-electron chi connectivity index (χ2n) is 5.84. The minimum Gasteiger partial charge on any atom is -0.343 e. The summed E-state index contributed by atoms with van der Waals surface area (Å²) in [7, 11) is 4.26. The minimum absolute atomic E-state index is 0.469. The van der Waals surface area contributed by atoms with Crippen LogP contribution in [0, 0.1) is 0 Å². The van der Waals surface area contributed by atoms with Gasteiger partial charge in [-0.05, 0) is 40.3 Å². The third-order valence-corrected chi connectivity index (χ3v) is 5.54. The minimum atomic E-state index is 0.469. The Labute approximate surface area is 119 Å². The van der Waals surface area contributed by atoms with Crippen molar-refractivity contribution in [2.24, 2.45) is 0 Å². The van der Waals surface area contributed by atoms with Crippen LogP contribution < -0.4 is 10.2 Å². The molecule has 1 fully saturated rings. The highest BCUT2D eigenvalue weighted by Crippen LogP contribution is 2.37. The van der Waals surface area contributed by atoms with E-state index in [2.05, 4.69) is 36.1 Å². The molecule has 0 spiro atoms. The third kappa shape index (κ3) is 2.51. The van der Waals surface area contributed by atoms with Gasteiger partial charge in [0.1, 0.15) is 0 Å². The number of likely N-dealkylation sites (N-methyl/N-ethyl adjacent to an activating group) is 1. The van der Waals surface area contributed by atoms with Crippen LogP contribution in [0.5, 0.6) is 0 Å². The maximum atomic E-state index is 4.97. The first kappa shape index (κ1) is 13.3. The van der Waals surface area contributed by atoms with Crippen molar-refractivity contribution in [3.63, 3.8) is 0 Å². The first-order chi connectivity index (χ1) is 9.19. The maximum absolute atomic E-state index is 4.97. The number of nitrogens with zero attached hydrogens (tertiary/aromatic N) is 3. The summed E-state index contributed by atoms with van der Waals surface area (Å²) in [6, 6.07) is 1.04. The Kier molecular flexibility index (Phi) is 3.78. The van der Waals surface area contributed by atoms with E-state index in [0.717, 1.165) is 19.6 Å². The predicted octanol–water partition coefficient (Wildman–Crippen LogP) is 1.88. The fraction of sp³-hybridized carbons (Fsp3) is 0.786. The zero-order chi connectivity index (χ0) is 13.4. The van der Waals surface area contributed by atoms with Gasteiger partial charge in [-0.2, -0.15) is 0 Å². The number of fused-ring (bicyclic) bond motifs is 1. The molecule has 106 valence electrons. The van der Waals surface area contributed by atoms with E-state index in [1.165, 1.54) is 35.0 Å². The quantitative estimate of drug-likeness (QED) is 0.896. The van der Waals surface area contributed by atoms with Gasteiger partial charge in [0.2, 0.25) is 0 Å². The molecule has 1 N–H and O–H groups in total. The fourth-order valence-electron chi connectivity index (χ4n) is 3.23. The molecule has 2 heterocycles.